The van der Waals surface area contributed by atoms with Crippen LogP contribution in [0.1, 0.15) is 26.3 Å². The summed E-state index contributed by atoms with van der Waals surface area (Å²) in [5.74, 6) is -1.14. The smallest absolute Gasteiger partial charge is 0.583 e. The average Bonchev–Trinajstić information content (AvgIpc) is 2.55. The summed E-state index contributed by atoms with van der Waals surface area (Å²) in [7, 11) is 0. The molecule has 0 aliphatic rings. The molecular formula is C7H11N5O4. The number of anilines is 1. The Bertz CT molecular complexity index is 415. The molecule has 1 atom stereocenters. The average molecular weight is 229 g/mol. The van der Waals surface area contributed by atoms with E-state index in [0.29, 0.717) is 6.42 Å². The first-order valence-corrected chi connectivity index (χ1v) is 4.59. The van der Waals surface area contributed by atoms with Gasteiger partial charge in [-0.05, 0) is 18.1 Å². The minimum absolute atomic E-state index is 0.0694. The van der Waals surface area contributed by atoms with Crippen molar-refractivity contribution in [2.45, 2.75) is 26.3 Å². The maximum Gasteiger partial charge on any atom is 0.583 e. The first-order chi connectivity index (χ1) is 7.52. The van der Waals surface area contributed by atoms with Gasteiger partial charge in [0.05, 0.1) is 0 Å². The number of carbonyl (C=O) groups excluding carboxylic acids is 1. The summed E-state index contributed by atoms with van der Waals surface area (Å²) < 4.78 is 0. The number of hydrogen-bond acceptors (Lipinski definition) is 5. The minimum atomic E-state index is -0.884. The molecule has 0 radical (unpaired) electrons. The quantitative estimate of drug-likeness (QED) is 0.250. The minimum Gasteiger partial charge on any atom is -0.590 e. The van der Waals surface area contributed by atoms with E-state index in [4.69, 9.17) is 0 Å². The van der Waals surface area contributed by atoms with Crippen LogP contribution in [0.25, 0.3) is 0 Å². The molecule has 9 nitrogen and oxygen atoms in total. The lowest BCUT2D eigenvalue weighted by Gasteiger charge is -2.05. The van der Waals surface area contributed by atoms with Gasteiger partial charge in [0.25, 0.3) is 0 Å². The Kier molecular flexibility index (Phi) is 3.38. The molecule has 16 heavy (non-hydrogen) atoms. The molecule has 0 aliphatic heterocycles. The molecule has 0 saturated carbocycles. The number of amides is 1. The summed E-state index contributed by atoms with van der Waals surface area (Å²) in [6, 6.07) is -0.293. The molecule has 1 heterocycles. The number of nitrogens with zero attached hydrogens (tertiary/aromatic N) is 4. The second-order valence-corrected chi connectivity index (χ2v) is 3.14. The van der Waals surface area contributed by atoms with Gasteiger partial charge < -0.3 is 5.21 Å². The Hall–Kier alpha value is -2.19. The van der Waals surface area contributed by atoms with Crippen molar-refractivity contribution in [3.8, 4) is 0 Å². The van der Waals surface area contributed by atoms with Crippen LogP contribution in [0.5, 0.6) is 0 Å². The van der Waals surface area contributed by atoms with Crippen LogP contribution in [0.15, 0.2) is 0 Å². The van der Waals surface area contributed by atoms with Crippen LogP contribution in [0, 0.1) is 15.3 Å². The summed E-state index contributed by atoms with van der Waals surface area (Å²) in [6.07, 6.45) is 0.817. The van der Waals surface area contributed by atoms with E-state index in [1.54, 1.807) is 6.92 Å². The number of nitrogens with one attached hydrogen (secondary N) is 1. The predicted molar refractivity (Wildman–Crippen MR) is 52.5 cm³/mol. The lowest BCUT2D eigenvalue weighted by molar-refractivity contribution is -0.738. The van der Waals surface area contributed by atoms with Gasteiger partial charge in [-0.2, -0.15) is 0 Å². The third-order valence-electron chi connectivity index (χ3n) is 2.14. The molecule has 1 aromatic heterocycles. The van der Waals surface area contributed by atoms with Crippen molar-refractivity contribution in [3.05, 3.63) is 15.3 Å². The molecule has 0 aromatic carbocycles. The summed E-state index contributed by atoms with van der Waals surface area (Å²) >= 11 is 0. The van der Waals surface area contributed by atoms with Crippen molar-refractivity contribution in [2.75, 3.05) is 5.32 Å². The highest BCUT2D eigenvalue weighted by Crippen LogP contribution is 2.18. The molecule has 1 aromatic rings. The van der Waals surface area contributed by atoms with E-state index in [0.717, 1.165) is 4.80 Å². The molecule has 1 rings (SSSR count). The van der Waals surface area contributed by atoms with Crippen LogP contribution in [-0.4, -0.2) is 21.2 Å². The van der Waals surface area contributed by atoms with Gasteiger partial charge in [-0.1, -0.05) is 12.0 Å². The first-order valence-electron chi connectivity index (χ1n) is 4.59. The second kappa shape index (κ2) is 4.55. The lowest BCUT2D eigenvalue weighted by Crippen LogP contribution is -2.41. The summed E-state index contributed by atoms with van der Waals surface area (Å²) in [6.45, 7) is 3.50. The number of hydrogen-bond donors (Lipinski definition) is 1. The van der Waals surface area contributed by atoms with Crippen molar-refractivity contribution in [2.24, 2.45) is 0 Å². The summed E-state index contributed by atoms with van der Waals surface area (Å²) in [5, 5.41) is 27.8. The number of rotatable bonds is 5. The van der Waals surface area contributed by atoms with Gasteiger partial charge in [0.2, 0.25) is 6.41 Å². The molecule has 1 N–H and O–H groups in total. The van der Waals surface area contributed by atoms with Crippen molar-refractivity contribution >= 4 is 18.0 Å². The maximum absolute atomic E-state index is 11.5. The summed E-state index contributed by atoms with van der Waals surface area (Å²) in [5.41, 5.74) is 0. The molecule has 1 amide bonds. The number of nitro groups is 1. The highest BCUT2D eigenvalue weighted by atomic mass is 16.6. The highest BCUT2D eigenvalue weighted by Gasteiger charge is 2.34. The van der Waals surface area contributed by atoms with Crippen molar-refractivity contribution in [1.29, 1.82) is 0 Å². The Balaban J connectivity index is 3.28. The third kappa shape index (κ3) is 1.92. The standard InChI is InChI=1S/C7H11N5O4/c1-3-5(2)10-9-6(8-4-13)7(11(10)14)12(15)16/h4-5H,3H2,1-2H3,(H,8,9,13)/t5-/m1/s1. The monoisotopic (exact) mass is 229 g/mol. The van der Waals surface area contributed by atoms with E-state index in [9.17, 15) is 20.1 Å². The molecule has 9 heteroatoms. The third-order valence-corrected chi connectivity index (χ3v) is 2.14. The van der Waals surface area contributed by atoms with Gasteiger partial charge in [-0.3, -0.25) is 20.2 Å². The second-order valence-electron chi connectivity index (χ2n) is 3.14. The van der Waals surface area contributed by atoms with Crippen LogP contribution >= 0.6 is 0 Å². The topological polar surface area (TPSA) is 117 Å². The van der Waals surface area contributed by atoms with Crippen molar-refractivity contribution < 1.29 is 14.6 Å². The van der Waals surface area contributed by atoms with E-state index in [-0.39, 0.29) is 23.1 Å². The lowest BCUT2D eigenvalue weighted by atomic mass is 10.3. The molecule has 0 saturated heterocycles. The fraction of sp³-hybridized carbons (Fsp3) is 0.571. The van der Waals surface area contributed by atoms with E-state index >= 15 is 0 Å². The SMILES string of the molecule is CC[C@@H](C)n1nc(NC=O)c([N+](=O)[O-])[n+]1[O-]. The van der Waals surface area contributed by atoms with Gasteiger partial charge in [-0.25, -0.2) is 0 Å². The highest BCUT2D eigenvalue weighted by molar-refractivity contribution is 5.71. The van der Waals surface area contributed by atoms with Gasteiger partial charge in [-0.15, -0.1) is 0 Å². The van der Waals surface area contributed by atoms with Crippen LogP contribution in [0.2, 0.25) is 0 Å². The van der Waals surface area contributed by atoms with Crippen molar-refractivity contribution in [3.63, 3.8) is 0 Å². The normalized spacial score (nSPS) is 12.1. The Morgan fingerprint density at radius 1 is 1.75 bits per heavy atom. The van der Waals surface area contributed by atoms with Crippen LogP contribution < -0.4 is 10.2 Å². The molecule has 0 fully saturated rings. The van der Waals surface area contributed by atoms with Crippen LogP contribution in [0.4, 0.5) is 11.6 Å². The van der Waals surface area contributed by atoms with Gasteiger partial charge in [0.15, 0.2) is 0 Å². The van der Waals surface area contributed by atoms with E-state index in [2.05, 4.69) is 5.10 Å². The number of carbonyl (C=O) groups is 1. The van der Waals surface area contributed by atoms with Crippen molar-refractivity contribution in [1.82, 2.24) is 9.90 Å². The molecule has 0 aliphatic carbocycles. The Morgan fingerprint density at radius 3 is 2.81 bits per heavy atom. The molecule has 0 spiro atoms. The zero-order valence-corrected chi connectivity index (χ0v) is 8.78. The number of aromatic nitrogens is 3. The van der Waals surface area contributed by atoms with Gasteiger partial charge >= 0.3 is 11.6 Å². The molecule has 0 bridgehead atoms. The Morgan fingerprint density at radius 2 is 2.38 bits per heavy atom. The first kappa shape index (κ1) is 11.9. The molecular weight excluding hydrogens is 218 g/mol. The van der Waals surface area contributed by atoms with Crippen LogP contribution in [0.3, 0.4) is 0 Å². The van der Waals surface area contributed by atoms with Crippen LogP contribution in [-0.2, 0) is 4.79 Å². The largest absolute Gasteiger partial charge is 0.590 e. The maximum atomic E-state index is 11.5. The molecule has 0 unspecified atom stereocenters. The van der Waals surface area contributed by atoms with E-state index in [1.165, 1.54) is 0 Å². The van der Waals surface area contributed by atoms with E-state index < -0.39 is 10.7 Å². The van der Waals surface area contributed by atoms with E-state index in [1.807, 2.05) is 12.2 Å². The fourth-order valence-electron chi connectivity index (χ4n) is 1.12. The van der Waals surface area contributed by atoms with Gasteiger partial charge in [0, 0.05) is 4.85 Å². The zero-order chi connectivity index (χ0) is 12.3. The predicted octanol–water partition coefficient (Wildman–Crippen LogP) is -0.0360. The molecule has 88 valence electrons. The fourth-order valence-corrected chi connectivity index (χ4v) is 1.12. The zero-order valence-electron chi connectivity index (χ0n) is 8.78. The summed E-state index contributed by atoms with van der Waals surface area (Å²) in [4.78, 5) is 20.9. The Labute approximate surface area is 90.4 Å². The van der Waals surface area contributed by atoms with Gasteiger partial charge in [0.1, 0.15) is 11.0 Å².